The van der Waals surface area contributed by atoms with Gasteiger partial charge >= 0.3 is 5.97 Å². The van der Waals surface area contributed by atoms with Crippen molar-refractivity contribution in [2.75, 3.05) is 12.0 Å². The van der Waals surface area contributed by atoms with Crippen molar-refractivity contribution in [2.24, 2.45) is 5.92 Å². The topological polar surface area (TPSA) is 79.7 Å². The lowest BCUT2D eigenvalue weighted by atomic mass is 9.88. The number of carboxylic acid groups (broad SMARTS) is 1. The van der Waals surface area contributed by atoms with E-state index in [9.17, 15) is 9.59 Å². The van der Waals surface area contributed by atoms with Gasteiger partial charge in [0.25, 0.3) is 0 Å². The lowest BCUT2D eigenvalue weighted by molar-refractivity contribution is -0.131. The van der Waals surface area contributed by atoms with Gasteiger partial charge in [-0.1, -0.05) is 55.7 Å². The molecule has 6 nitrogen and oxygen atoms in total. The Labute approximate surface area is 205 Å². The summed E-state index contributed by atoms with van der Waals surface area (Å²) in [4.78, 5) is 30.7. The first-order valence-corrected chi connectivity index (χ1v) is 12.0. The molecule has 0 bridgehead atoms. The van der Waals surface area contributed by atoms with Gasteiger partial charge in [-0.15, -0.1) is 0 Å². The Morgan fingerprint density at radius 3 is 2.43 bits per heavy atom. The Balaban J connectivity index is 1.59. The predicted molar refractivity (Wildman–Crippen MR) is 137 cm³/mol. The highest BCUT2D eigenvalue weighted by atomic mass is 16.5. The molecule has 1 amide bonds. The highest BCUT2D eigenvalue weighted by Gasteiger charge is 2.27. The van der Waals surface area contributed by atoms with E-state index in [0.717, 1.165) is 59.7 Å². The van der Waals surface area contributed by atoms with Gasteiger partial charge in [-0.2, -0.15) is 0 Å². The summed E-state index contributed by atoms with van der Waals surface area (Å²) in [5.74, 6) is -0.278. The Hall–Kier alpha value is -3.93. The molecule has 0 aliphatic heterocycles. The van der Waals surface area contributed by atoms with Gasteiger partial charge in [-0.25, -0.2) is 9.78 Å². The van der Waals surface area contributed by atoms with Crippen molar-refractivity contribution in [3.63, 3.8) is 0 Å². The van der Waals surface area contributed by atoms with Gasteiger partial charge in [-0.3, -0.25) is 4.79 Å². The van der Waals surface area contributed by atoms with Crippen LogP contribution in [0.1, 0.15) is 43.2 Å². The highest BCUT2D eigenvalue weighted by Crippen LogP contribution is 2.30. The van der Waals surface area contributed by atoms with Gasteiger partial charge < -0.3 is 14.7 Å². The first-order chi connectivity index (χ1) is 17.0. The van der Waals surface area contributed by atoms with Gasteiger partial charge in [0.2, 0.25) is 11.8 Å². The number of pyridine rings is 1. The van der Waals surface area contributed by atoms with Gasteiger partial charge in [0.1, 0.15) is 0 Å². The van der Waals surface area contributed by atoms with E-state index < -0.39 is 5.97 Å². The largest absolute Gasteiger partial charge is 0.481 e. The molecule has 4 rings (SSSR count). The van der Waals surface area contributed by atoms with E-state index in [2.05, 4.69) is 4.98 Å². The number of hydrogen-bond acceptors (Lipinski definition) is 4. The lowest BCUT2D eigenvalue weighted by Gasteiger charge is -2.30. The molecule has 0 spiro atoms. The molecular formula is C29H30N2O4. The minimum atomic E-state index is -1.00. The van der Waals surface area contributed by atoms with Crippen LogP contribution < -0.4 is 9.64 Å². The van der Waals surface area contributed by atoms with Crippen LogP contribution in [0, 0.1) is 5.92 Å². The van der Waals surface area contributed by atoms with Gasteiger partial charge in [0, 0.05) is 35.5 Å². The number of methoxy groups -OCH3 is 1. The van der Waals surface area contributed by atoms with E-state index >= 15 is 0 Å². The second-order valence-electron chi connectivity index (χ2n) is 8.81. The van der Waals surface area contributed by atoms with Crippen LogP contribution in [-0.4, -0.2) is 29.1 Å². The van der Waals surface area contributed by atoms with Gasteiger partial charge in [-0.05, 0) is 53.8 Å². The Morgan fingerprint density at radius 2 is 1.77 bits per heavy atom. The highest BCUT2D eigenvalue weighted by molar-refractivity contribution is 5.95. The van der Waals surface area contributed by atoms with E-state index in [1.54, 1.807) is 19.4 Å². The third-order valence-corrected chi connectivity index (χ3v) is 6.39. The number of rotatable bonds is 8. The van der Waals surface area contributed by atoms with E-state index in [-0.39, 0.29) is 11.8 Å². The van der Waals surface area contributed by atoms with Crippen LogP contribution in [0.3, 0.4) is 0 Å². The maximum absolute atomic E-state index is 13.6. The fourth-order valence-electron chi connectivity index (χ4n) is 4.49. The zero-order valence-corrected chi connectivity index (χ0v) is 19.9. The van der Waals surface area contributed by atoms with Crippen molar-refractivity contribution in [1.82, 2.24) is 4.98 Å². The smallest absolute Gasteiger partial charge is 0.328 e. The zero-order chi connectivity index (χ0) is 24.6. The maximum Gasteiger partial charge on any atom is 0.328 e. The van der Waals surface area contributed by atoms with Crippen LogP contribution >= 0.6 is 0 Å². The quantitative estimate of drug-likeness (QED) is 0.410. The van der Waals surface area contributed by atoms with Crippen LogP contribution in [0.15, 0.2) is 72.9 Å². The van der Waals surface area contributed by atoms with E-state index in [1.165, 1.54) is 6.42 Å². The van der Waals surface area contributed by atoms with Crippen molar-refractivity contribution in [3.8, 4) is 17.0 Å². The number of carboxylic acids is 1. The van der Waals surface area contributed by atoms with Crippen molar-refractivity contribution in [1.29, 1.82) is 0 Å². The van der Waals surface area contributed by atoms with E-state index in [0.29, 0.717) is 12.4 Å². The molecule has 0 radical (unpaired) electrons. The number of carbonyl (C=O) groups is 2. The van der Waals surface area contributed by atoms with Crippen molar-refractivity contribution in [2.45, 2.75) is 38.6 Å². The van der Waals surface area contributed by atoms with Crippen LogP contribution in [-0.2, 0) is 16.1 Å². The summed E-state index contributed by atoms with van der Waals surface area (Å²) < 4.78 is 5.14. The first kappa shape index (κ1) is 24.2. The molecule has 1 saturated carbocycles. The molecule has 0 atom stereocenters. The summed E-state index contributed by atoms with van der Waals surface area (Å²) in [6.45, 7) is 0.447. The molecule has 0 unspecified atom stereocenters. The normalized spacial score (nSPS) is 14.1. The summed E-state index contributed by atoms with van der Waals surface area (Å²) in [6.07, 6.45) is 9.61. The third kappa shape index (κ3) is 6.35. The molecule has 6 heteroatoms. The third-order valence-electron chi connectivity index (χ3n) is 6.39. The minimum absolute atomic E-state index is 0.0200. The molecule has 1 aromatic heterocycles. The number of anilines is 1. The molecule has 180 valence electrons. The SMILES string of the molecule is COc1ccc(-c2ccc(CN(C(=O)C3CCCCC3)c3cccc(C=CC(=O)O)c3)cc2)cn1. The Kier molecular flexibility index (Phi) is 7.93. The van der Waals surface area contributed by atoms with Crippen molar-refractivity contribution >= 4 is 23.6 Å². The molecule has 2 aromatic carbocycles. The van der Waals surface area contributed by atoms with Crippen LogP contribution in [0.25, 0.3) is 17.2 Å². The van der Waals surface area contributed by atoms with Crippen molar-refractivity contribution < 1.29 is 19.4 Å². The van der Waals surface area contributed by atoms with Crippen LogP contribution in [0.4, 0.5) is 5.69 Å². The standard InChI is InChI=1S/C29H30N2O4/c1-35-27-16-15-25(19-30-27)23-13-10-22(11-14-23)20-31(29(34)24-7-3-2-4-8-24)26-9-5-6-21(18-26)12-17-28(32)33/h5-6,9-19,24H,2-4,7-8,20H2,1H3,(H,32,33). The number of hydrogen-bond donors (Lipinski definition) is 1. The second kappa shape index (κ2) is 11.5. The lowest BCUT2D eigenvalue weighted by Crippen LogP contribution is -2.36. The molecule has 1 fully saturated rings. The maximum atomic E-state index is 13.6. The summed E-state index contributed by atoms with van der Waals surface area (Å²) >= 11 is 0. The number of aromatic nitrogens is 1. The van der Waals surface area contributed by atoms with Crippen molar-refractivity contribution in [3.05, 3.63) is 84.1 Å². The molecular weight excluding hydrogens is 440 g/mol. The molecule has 3 aromatic rings. The molecule has 1 aliphatic carbocycles. The number of benzene rings is 2. The molecule has 1 N–H and O–H groups in total. The molecule has 1 heterocycles. The Morgan fingerprint density at radius 1 is 1.03 bits per heavy atom. The summed E-state index contributed by atoms with van der Waals surface area (Å²) in [7, 11) is 1.59. The number of nitrogens with zero attached hydrogens (tertiary/aromatic N) is 2. The Bertz CT molecular complexity index is 1180. The fraction of sp³-hybridized carbons (Fsp3) is 0.276. The number of ether oxygens (including phenoxy) is 1. The second-order valence-corrected chi connectivity index (χ2v) is 8.81. The number of carbonyl (C=O) groups excluding carboxylic acids is 1. The van der Waals surface area contributed by atoms with Crippen LogP contribution in [0.5, 0.6) is 5.88 Å². The zero-order valence-electron chi connectivity index (χ0n) is 19.9. The predicted octanol–water partition coefficient (Wildman–Crippen LogP) is 5.97. The fourth-order valence-corrected chi connectivity index (χ4v) is 4.49. The first-order valence-electron chi connectivity index (χ1n) is 12.0. The average molecular weight is 471 g/mol. The van der Waals surface area contributed by atoms with E-state index in [1.807, 2.05) is 65.6 Å². The molecule has 35 heavy (non-hydrogen) atoms. The molecule has 1 aliphatic rings. The number of amides is 1. The monoisotopic (exact) mass is 470 g/mol. The summed E-state index contributed by atoms with van der Waals surface area (Å²) in [5.41, 5.74) is 4.57. The van der Waals surface area contributed by atoms with Gasteiger partial charge in [0.15, 0.2) is 0 Å². The van der Waals surface area contributed by atoms with Crippen LogP contribution in [0.2, 0.25) is 0 Å². The molecule has 0 saturated heterocycles. The average Bonchev–Trinajstić information content (AvgIpc) is 2.91. The number of aliphatic carboxylic acids is 1. The van der Waals surface area contributed by atoms with Gasteiger partial charge in [0.05, 0.1) is 13.7 Å². The summed E-state index contributed by atoms with van der Waals surface area (Å²) in [5, 5.41) is 8.98. The summed E-state index contributed by atoms with van der Waals surface area (Å²) in [6, 6.07) is 19.4. The minimum Gasteiger partial charge on any atom is -0.481 e. The van der Waals surface area contributed by atoms with E-state index in [4.69, 9.17) is 9.84 Å².